The monoisotopic (exact) mass is 391 g/mol. The fourth-order valence-corrected chi connectivity index (χ4v) is 4.26. The summed E-state index contributed by atoms with van der Waals surface area (Å²) in [5.74, 6) is 0.123. The molecule has 28 heavy (non-hydrogen) atoms. The number of carbonyl (C=O) groups is 2. The number of nitrogens with one attached hydrogen (secondary N) is 2. The van der Waals surface area contributed by atoms with Crippen molar-refractivity contribution in [1.29, 1.82) is 0 Å². The Hall–Kier alpha value is -1.93. The number of ether oxygens (including phenoxy) is 1. The van der Waals surface area contributed by atoms with E-state index in [-0.39, 0.29) is 17.4 Å². The lowest BCUT2D eigenvalue weighted by atomic mass is 9.89. The first-order valence-corrected chi connectivity index (χ1v) is 10.3. The van der Waals surface area contributed by atoms with E-state index in [0.717, 1.165) is 31.6 Å². The van der Waals surface area contributed by atoms with Crippen molar-refractivity contribution in [3.8, 4) is 0 Å². The molecule has 0 aromatic carbocycles. The largest absolute Gasteiger partial charge is 0.381 e. The van der Waals surface area contributed by atoms with Crippen LogP contribution in [0.25, 0.3) is 0 Å². The third-order valence-electron chi connectivity index (χ3n) is 5.70. The van der Waals surface area contributed by atoms with Gasteiger partial charge >= 0.3 is 0 Å². The summed E-state index contributed by atoms with van der Waals surface area (Å²) in [5, 5.41) is 10.4. The van der Waals surface area contributed by atoms with Crippen LogP contribution < -0.4 is 10.6 Å². The van der Waals surface area contributed by atoms with Gasteiger partial charge in [0.25, 0.3) is 5.91 Å². The first-order valence-electron chi connectivity index (χ1n) is 10.3. The van der Waals surface area contributed by atoms with Gasteiger partial charge in [0.1, 0.15) is 6.04 Å². The summed E-state index contributed by atoms with van der Waals surface area (Å²) >= 11 is 0. The highest BCUT2D eigenvalue weighted by Gasteiger charge is 2.41. The summed E-state index contributed by atoms with van der Waals surface area (Å²) in [6, 6.07) is -0.585. The molecule has 0 bridgehead atoms. The van der Waals surface area contributed by atoms with Crippen molar-refractivity contribution < 1.29 is 14.3 Å². The van der Waals surface area contributed by atoms with Gasteiger partial charge in [-0.1, -0.05) is 13.8 Å². The number of carbonyl (C=O) groups excluding carboxylic acids is 2. The number of aryl methyl sites for hydroxylation is 1. The van der Waals surface area contributed by atoms with Gasteiger partial charge in [0.05, 0.1) is 17.3 Å². The molecule has 1 aromatic heterocycles. The first-order chi connectivity index (χ1) is 13.3. The molecule has 1 unspecified atom stereocenters. The van der Waals surface area contributed by atoms with Crippen molar-refractivity contribution in [3.63, 3.8) is 0 Å². The third kappa shape index (κ3) is 4.55. The van der Waals surface area contributed by atoms with Gasteiger partial charge in [-0.05, 0) is 32.6 Å². The zero-order valence-corrected chi connectivity index (χ0v) is 17.5. The Labute approximate surface area is 167 Å². The Morgan fingerprint density at radius 2 is 2.14 bits per heavy atom. The summed E-state index contributed by atoms with van der Waals surface area (Å²) in [4.78, 5) is 28.2. The summed E-state index contributed by atoms with van der Waals surface area (Å²) in [6.45, 7) is 12.4. The molecule has 2 aliphatic heterocycles. The summed E-state index contributed by atoms with van der Waals surface area (Å²) < 4.78 is 7.30. The maximum atomic E-state index is 13.0. The highest BCUT2D eigenvalue weighted by molar-refractivity contribution is 5.98. The van der Waals surface area contributed by atoms with Gasteiger partial charge in [-0.2, -0.15) is 5.10 Å². The highest BCUT2D eigenvalue weighted by atomic mass is 16.5. The molecular formula is C20H33N5O3. The Morgan fingerprint density at radius 3 is 2.75 bits per heavy atom. The van der Waals surface area contributed by atoms with Crippen LogP contribution >= 0.6 is 0 Å². The number of rotatable bonds is 5. The number of nitrogens with zero attached hydrogens (tertiary/aromatic N) is 3. The Kier molecular flexibility index (Phi) is 6.40. The van der Waals surface area contributed by atoms with E-state index in [0.29, 0.717) is 37.8 Å². The van der Waals surface area contributed by atoms with Crippen LogP contribution in [0.4, 0.5) is 0 Å². The molecule has 8 nitrogen and oxygen atoms in total. The Morgan fingerprint density at radius 1 is 1.43 bits per heavy atom. The van der Waals surface area contributed by atoms with E-state index in [1.54, 1.807) is 10.9 Å². The average molecular weight is 392 g/mol. The number of amides is 2. The lowest BCUT2D eigenvalue weighted by Crippen LogP contribution is -2.57. The van der Waals surface area contributed by atoms with E-state index in [2.05, 4.69) is 34.5 Å². The minimum Gasteiger partial charge on any atom is -0.381 e. The zero-order valence-electron chi connectivity index (χ0n) is 17.5. The van der Waals surface area contributed by atoms with Crippen LogP contribution in [-0.4, -0.2) is 70.9 Å². The number of aromatic nitrogens is 2. The molecule has 3 heterocycles. The predicted molar refractivity (Wildman–Crippen MR) is 106 cm³/mol. The van der Waals surface area contributed by atoms with Crippen LogP contribution in [0.2, 0.25) is 0 Å². The molecule has 0 saturated carbocycles. The van der Waals surface area contributed by atoms with Gasteiger partial charge in [-0.25, -0.2) is 0 Å². The topological polar surface area (TPSA) is 88.5 Å². The normalized spacial score (nSPS) is 22.9. The standard InChI is InChI=1S/C20H33N5O3/c1-5-25-15(4)16(10-21-25)18(26)22-17-12-24(11-14(2)3)13-20(23-19(17)27)6-8-28-9-7-20/h10,14,17H,5-9,11-13H2,1-4H3,(H,22,26)(H,23,27). The molecule has 1 atom stereocenters. The average Bonchev–Trinajstić information content (AvgIpc) is 2.96. The van der Waals surface area contributed by atoms with Crippen molar-refractivity contribution in [2.75, 3.05) is 32.8 Å². The smallest absolute Gasteiger partial charge is 0.255 e. The van der Waals surface area contributed by atoms with Gasteiger partial charge < -0.3 is 15.4 Å². The van der Waals surface area contributed by atoms with E-state index in [4.69, 9.17) is 4.74 Å². The van der Waals surface area contributed by atoms with E-state index in [1.807, 2.05) is 13.8 Å². The van der Waals surface area contributed by atoms with E-state index < -0.39 is 6.04 Å². The predicted octanol–water partition coefficient (Wildman–Crippen LogP) is 0.947. The Bertz CT molecular complexity index is 709. The van der Waals surface area contributed by atoms with Crippen molar-refractivity contribution in [2.45, 2.75) is 58.7 Å². The Balaban J connectivity index is 1.78. The van der Waals surface area contributed by atoms with E-state index in [1.165, 1.54) is 0 Å². The summed E-state index contributed by atoms with van der Waals surface area (Å²) in [5.41, 5.74) is 1.07. The SMILES string of the molecule is CCn1ncc(C(=O)NC2CN(CC(C)C)CC3(CCOCC3)NC2=O)c1C. The van der Waals surface area contributed by atoms with Crippen LogP contribution in [0.3, 0.4) is 0 Å². The fourth-order valence-electron chi connectivity index (χ4n) is 4.26. The van der Waals surface area contributed by atoms with Crippen LogP contribution in [0.15, 0.2) is 6.20 Å². The van der Waals surface area contributed by atoms with Crippen molar-refractivity contribution in [1.82, 2.24) is 25.3 Å². The molecule has 2 saturated heterocycles. The maximum Gasteiger partial charge on any atom is 0.255 e. The van der Waals surface area contributed by atoms with Crippen LogP contribution in [0.5, 0.6) is 0 Å². The molecule has 1 aromatic rings. The van der Waals surface area contributed by atoms with Crippen molar-refractivity contribution in [3.05, 3.63) is 17.5 Å². The molecule has 156 valence electrons. The first kappa shape index (κ1) is 20.8. The van der Waals surface area contributed by atoms with Gasteiger partial charge in [0.15, 0.2) is 0 Å². The van der Waals surface area contributed by atoms with Crippen LogP contribution in [-0.2, 0) is 16.1 Å². The molecular weight excluding hydrogens is 358 g/mol. The minimum atomic E-state index is -0.585. The van der Waals surface area contributed by atoms with Crippen LogP contribution in [0, 0.1) is 12.8 Å². The van der Waals surface area contributed by atoms with E-state index >= 15 is 0 Å². The number of hydrogen-bond donors (Lipinski definition) is 2. The molecule has 0 aliphatic carbocycles. The van der Waals surface area contributed by atoms with Gasteiger partial charge in [0, 0.05) is 45.1 Å². The minimum absolute atomic E-state index is 0.109. The number of hydrogen-bond acceptors (Lipinski definition) is 5. The second-order valence-electron chi connectivity index (χ2n) is 8.46. The lowest BCUT2D eigenvalue weighted by molar-refractivity contribution is -0.125. The molecule has 2 N–H and O–H groups in total. The zero-order chi connectivity index (χ0) is 20.3. The second kappa shape index (κ2) is 8.61. The maximum absolute atomic E-state index is 13.0. The molecule has 8 heteroatoms. The second-order valence-corrected chi connectivity index (χ2v) is 8.46. The van der Waals surface area contributed by atoms with Gasteiger partial charge in [0.2, 0.25) is 5.91 Å². The molecule has 1 spiro atoms. The van der Waals surface area contributed by atoms with Crippen LogP contribution in [0.1, 0.15) is 49.7 Å². The van der Waals surface area contributed by atoms with Gasteiger partial charge in [-0.15, -0.1) is 0 Å². The van der Waals surface area contributed by atoms with E-state index in [9.17, 15) is 9.59 Å². The molecule has 2 amide bonds. The molecule has 2 aliphatic rings. The molecule has 0 radical (unpaired) electrons. The van der Waals surface area contributed by atoms with Crippen molar-refractivity contribution in [2.24, 2.45) is 5.92 Å². The fraction of sp³-hybridized carbons (Fsp3) is 0.750. The highest BCUT2D eigenvalue weighted by Crippen LogP contribution is 2.25. The summed E-state index contributed by atoms with van der Waals surface area (Å²) in [7, 11) is 0. The van der Waals surface area contributed by atoms with Gasteiger partial charge in [-0.3, -0.25) is 19.2 Å². The molecule has 3 rings (SSSR count). The van der Waals surface area contributed by atoms with Crippen molar-refractivity contribution >= 4 is 11.8 Å². The molecule has 2 fully saturated rings. The lowest BCUT2D eigenvalue weighted by Gasteiger charge is -2.39. The third-order valence-corrected chi connectivity index (χ3v) is 5.70. The summed E-state index contributed by atoms with van der Waals surface area (Å²) in [6.07, 6.45) is 3.18. The quantitative estimate of drug-likeness (QED) is 0.780.